The van der Waals surface area contributed by atoms with Crippen LogP contribution < -0.4 is 11.1 Å². The van der Waals surface area contributed by atoms with E-state index in [-0.39, 0.29) is 6.61 Å². The molecule has 1 rings (SSSR count). The molecule has 0 fully saturated rings. The van der Waals surface area contributed by atoms with Gasteiger partial charge in [0.05, 0.1) is 6.61 Å². The Labute approximate surface area is 98.9 Å². The average molecular weight is 232 g/mol. The molecule has 0 aromatic heterocycles. The van der Waals surface area contributed by atoms with E-state index < -0.39 is 12.0 Å². The van der Waals surface area contributed by atoms with Crippen LogP contribution in [0, 0.1) is 11.8 Å². The van der Waals surface area contributed by atoms with Gasteiger partial charge in [0.2, 0.25) is 0 Å². The Kier molecular flexibility index (Phi) is 4.58. The lowest BCUT2D eigenvalue weighted by atomic mass is 10.2. The maximum Gasteiger partial charge on any atom is 0.384 e. The number of esters is 1. The van der Waals surface area contributed by atoms with Crippen LogP contribution in [0.1, 0.15) is 12.5 Å². The van der Waals surface area contributed by atoms with Gasteiger partial charge in [-0.1, -0.05) is 12.0 Å². The van der Waals surface area contributed by atoms with Crippen molar-refractivity contribution in [1.82, 2.24) is 0 Å². The van der Waals surface area contributed by atoms with E-state index in [0.29, 0.717) is 11.3 Å². The number of urea groups is 1. The lowest BCUT2D eigenvalue weighted by molar-refractivity contribution is -0.136. The summed E-state index contributed by atoms with van der Waals surface area (Å²) < 4.78 is 4.66. The number of amides is 2. The number of carbonyl (C=O) groups is 2. The van der Waals surface area contributed by atoms with Crippen molar-refractivity contribution >= 4 is 17.7 Å². The Morgan fingerprint density at radius 3 is 2.88 bits per heavy atom. The van der Waals surface area contributed by atoms with Gasteiger partial charge < -0.3 is 15.8 Å². The number of primary amides is 1. The summed E-state index contributed by atoms with van der Waals surface area (Å²) in [5, 5.41) is 2.41. The molecule has 0 radical (unpaired) electrons. The molecular weight excluding hydrogens is 220 g/mol. The van der Waals surface area contributed by atoms with E-state index in [0.717, 1.165) is 0 Å². The second-order valence-electron chi connectivity index (χ2n) is 3.04. The van der Waals surface area contributed by atoms with Crippen molar-refractivity contribution in [3.05, 3.63) is 29.8 Å². The summed E-state index contributed by atoms with van der Waals surface area (Å²) in [5.41, 5.74) is 6.08. The minimum absolute atomic E-state index is 0.288. The molecule has 5 heteroatoms. The van der Waals surface area contributed by atoms with Crippen LogP contribution in [0.4, 0.5) is 10.5 Å². The van der Waals surface area contributed by atoms with E-state index in [1.54, 1.807) is 31.2 Å². The summed E-state index contributed by atoms with van der Waals surface area (Å²) in [6, 6.07) is 6.02. The lowest BCUT2D eigenvalue weighted by Gasteiger charge is -2.00. The molecular formula is C12H12N2O3. The number of benzene rings is 1. The molecule has 1 aromatic rings. The highest BCUT2D eigenvalue weighted by Crippen LogP contribution is 2.09. The van der Waals surface area contributed by atoms with Gasteiger partial charge in [0.25, 0.3) is 0 Å². The first kappa shape index (κ1) is 12.6. The summed E-state index contributed by atoms with van der Waals surface area (Å²) in [5.74, 6) is 4.37. The molecule has 0 aliphatic heterocycles. The van der Waals surface area contributed by atoms with Gasteiger partial charge in [-0.3, -0.25) is 0 Å². The molecule has 0 saturated carbocycles. The topological polar surface area (TPSA) is 81.4 Å². The van der Waals surface area contributed by atoms with Crippen molar-refractivity contribution in [2.75, 3.05) is 11.9 Å². The smallest absolute Gasteiger partial charge is 0.384 e. The normalized spacial score (nSPS) is 8.76. The van der Waals surface area contributed by atoms with Gasteiger partial charge in [-0.15, -0.1) is 0 Å². The van der Waals surface area contributed by atoms with Crippen molar-refractivity contribution in [3.63, 3.8) is 0 Å². The van der Waals surface area contributed by atoms with Crippen LogP contribution in [0.2, 0.25) is 0 Å². The molecule has 0 aliphatic carbocycles. The van der Waals surface area contributed by atoms with E-state index in [1.165, 1.54) is 0 Å². The first-order valence-corrected chi connectivity index (χ1v) is 4.97. The summed E-state index contributed by atoms with van der Waals surface area (Å²) in [7, 11) is 0. The molecule has 0 atom stereocenters. The molecule has 0 bridgehead atoms. The third-order valence-electron chi connectivity index (χ3n) is 1.71. The number of nitrogens with one attached hydrogen (secondary N) is 1. The average Bonchev–Trinajstić information content (AvgIpc) is 2.26. The number of carbonyl (C=O) groups excluding carboxylic acids is 2. The van der Waals surface area contributed by atoms with Gasteiger partial charge in [-0.05, 0) is 25.1 Å². The van der Waals surface area contributed by atoms with Crippen LogP contribution in [-0.4, -0.2) is 18.6 Å². The largest absolute Gasteiger partial charge is 0.456 e. The highest BCUT2D eigenvalue weighted by atomic mass is 16.5. The first-order chi connectivity index (χ1) is 8.11. The molecule has 5 nitrogen and oxygen atoms in total. The maximum atomic E-state index is 11.0. The summed E-state index contributed by atoms with van der Waals surface area (Å²) in [6.45, 7) is 1.99. The zero-order valence-electron chi connectivity index (χ0n) is 9.32. The molecule has 88 valence electrons. The van der Waals surface area contributed by atoms with Crippen LogP contribution in [0.15, 0.2) is 24.3 Å². The number of nitrogens with two attached hydrogens (primary N) is 1. The fourth-order valence-corrected chi connectivity index (χ4v) is 1.11. The van der Waals surface area contributed by atoms with Crippen molar-refractivity contribution < 1.29 is 14.3 Å². The minimum Gasteiger partial charge on any atom is -0.456 e. The number of rotatable bonds is 2. The van der Waals surface area contributed by atoms with Gasteiger partial charge in [-0.25, -0.2) is 9.59 Å². The fraction of sp³-hybridized carbons (Fsp3) is 0.167. The third kappa shape index (κ3) is 4.71. The quantitative estimate of drug-likeness (QED) is 0.591. The molecule has 2 amide bonds. The van der Waals surface area contributed by atoms with Crippen molar-refractivity contribution in [2.24, 2.45) is 5.73 Å². The van der Waals surface area contributed by atoms with E-state index in [2.05, 4.69) is 21.9 Å². The van der Waals surface area contributed by atoms with Gasteiger partial charge in [0.15, 0.2) is 0 Å². The number of ether oxygens (including phenoxy) is 1. The molecule has 0 spiro atoms. The monoisotopic (exact) mass is 232 g/mol. The first-order valence-electron chi connectivity index (χ1n) is 4.97. The highest BCUT2D eigenvalue weighted by molar-refractivity contribution is 5.90. The Balaban J connectivity index is 2.78. The second kappa shape index (κ2) is 6.18. The Bertz CT molecular complexity index is 486. The van der Waals surface area contributed by atoms with E-state index in [1.807, 2.05) is 0 Å². The number of hydrogen-bond acceptors (Lipinski definition) is 3. The molecule has 17 heavy (non-hydrogen) atoms. The van der Waals surface area contributed by atoms with Gasteiger partial charge in [0.1, 0.15) is 0 Å². The van der Waals surface area contributed by atoms with Crippen molar-refractivity contribution in [3.8, 4) is 11.8 Å². The van der Waals surface area contributed by atoms with Gasteiger partial charge in [0, 0.05) is 17.2 Å². The van der Waals surface area contributed by atoms with Crippen LogP contribution >= 0.6 is 0 Å². The Morgan fingerprint density at radius 1 is 1.47 bits per heavy atom. The molecule has 0 saturated heterocycles. The van der Waals surface area contributed by atoms with E-state index in [9.17, 15) is 9.59 Å². The molecule has 1 aromatic carbocycles. The SMILES string of the molecule is CCOC(=O)C#Cc1cccc(NC(N)=O)c1. The second-order valence-corrected chi connectivity index (χ2v) is 3.04. The predicted molar refractivity (Wildman–Crippen MR) is 63.2 cm³/mol. The van der Waals surface area contributed by atoms with E-state index in [4.69, 9.17) is 5.73 Å². The maximum absolute atomic E-state index is 11.0. The Morgan fingerprint density at radius 2 is 2.24 bits per heavy atom. The van der Waals surface area contributed by atoms with Gasteiger partial charge in [-0.2, -0.15) is 0 Å². The molecule has 0 heterocycles. The summed E-state index contributed by atoms with van der Waals surface area (Å²) in [6.07, 6.45) is 0. The minimum atomic E-state index is -0.652. The van der Waals surface area contributed by atoms with Crippen LogP contribution in [0.25, 0.3) is 0 Å². The zero-order chi connectivity index (χ0) is 12.7. The van der Waals surface area contributed by atoms with Crippen LogP contribution in [0.3, 0.4) is 0 Å². The lowest BCUT2D eigenvalue weighted by Crippen LogP contribution is -2.19. The Hall–Kier alpha value is -2.48. The highest BCUT2D eigenvalue weighted by Gasteiger charge is 1.97. The van der Waals surface area contributed by atoms with Gasteiger partial charge >= 0.3 is 12.0 Å². The predicted octanol–water partition coefficient (Wildman–Crippen LogP) is 1.09. The fourth-order valence-electron chi connectivity index (χ4n) is 1.11. The van der Waals surface area contributed by atoms with Crippen molar-refractivity contribution in [1.29, 1.82) is 0 Å². The molecule has 0 unspecified atom stereocenters. The number of hydrogen-bond donors (Lipinski definition) is 2. The van der Waals surface area contributed by atoms with Crippen LogP contribution in [-0.2, 0) is 9.53 Å². The third-order valence-corrected chi connectivity index (χ3v) is 1.71. The summed E-state index contributed by atoms with van der Waals surface area (Å²) >= 11 is 0. The zero-order valence-corrected chi connectivity index (χ0v) is 9.32. The van der Waals surface area contributed by atoms with Crippen molar-refractivity contribution in [2.45, 2.75) is 6.92 Å². The van der Waals surface area contributed by atoms with Crippen LogP contribution in [0.5, 0.6) is 0 Å². The summed E-state index contributed by atoms with van der Waals surface area (Å²) in [4.78, 5) is 21.6. The van der Waals surface area contributed by atoms with E-state index >= 15 is 0 Å². The molecule has 0 aliphatic rings. The standard InChI is InChI=1S/C12H12N2O3/c1-2-17-11(15)7-6-9-4-3-5-10(8-9)14-12(13)16/h3-5,8H,2H2,1H3,(H3,13,14,16). The number of anilines is 1. The molecule has 3 N–H and O–H groups in total.